The zero-order chi connectivity index (χ0) is 14.1. The number of nitro groups is 1. The first-order chi connectivity index (χ1) is 9.72. The summed E-state index contributed by atoms with van der Waals surface area (Å²) in [7, 11) is 0. The average molecular weight is 278 g/mol. The van der Waals surface area contributed by atoms with Crippen molar-refractivity contribution in [2.45, 2.75) is 31.4 Å². The van der Waals surface area contributed by atoms with Crippen LogP contribution in [0.25, 0.3) is 0 Å². The Kier molecular flexibility index (Phi) is 3.45. The van der Waals surface area contributed by atoms with Crippen LogP contribution in [0.4, 0.5) is 17.1 Å². The number of benzene rings is 1. The number of fused-ring (bicyclic) bond motifs is 1. The van der Waals surface area contributed by atoms with Gasteiger partial charge in [-0.1, -0.05) is 6.07 Å². The molecule has 7 nitrogen and oxygen atoms in total. The number of para-hydroxylation sites is 1. The van der Waals surface area contributed by atoms with Gasteiger partial charge >= 0.3 is 5.69 Å². The van der Waals surface area contributed by atoms with Gasteiger partial charge in [0.05, 0.1) is 23.7 Å². The standard InChI is InChI=1S/C13H18N4O3/c14-15-9-3-1-5-11(13(9)17(18)19)16-7-8-20-12-6-2-4-10(12)16/h1,3,5,10,12,15H,2,4,6-8,14H2. The van der Waals surface area contributed by atoms with Crippen molar-refractivity contribution in [3.8, 4) is 0 Å². The molecule has 2 unspecified atom stereocenters. The molecule has 20 heavy (non-hydrogen) atoms. The normalized spacial score (nSPS) is 25.4. The summed E-state index contributed by atoms with van der Waals surface area (Å²) < 4.78 is 5.76. The van der Waals surface area contributed by atoms with Crippen LogP contribution >= 0.6 is 0 Å². The van der Waals surface area contributed by atoms with Crippen molar-refractivity contribution in [2.24, 2.45) is 5.84 Å². The fraction of sp³-hybridized carbons (Fsp3) is 0.538. The number of nitro benzene ring substituents is 1. The number of morpholine rings is 1. The van der Waals surface area contributed by atoms with Gasteiger partial charge in [0.15, 0.2) is 0 Å². The zero-order valence-corrected chi connectivity index (χ0v) is 11.1. The molecule has 2 atom stereocenters. The Balaban J connectivity index is 2.02. The Hall–Kier alpha value is -1.86. The Morgan fingerprint density at radius 2 is 2.30 bits per heavy atom. The SMILES string of the molecule is NNc1cccc(N2CCOC3CCCC32)c1[N+](=O)[O-]. The molecule has 3 rings (SSSR count). The molecule has 1 aromatic carbocycles. The zero-order valence-electron chi connectivity index (χ0n) is 11.1. The van der Waals surface area contributed by atoms with Gasteiger partial charge in [-0.3, -0.25) is 16.0 Å². The Morgan fingerprint density at radius 1 is 1.45 bits per heavy atom. The number of rotatable bonds is 3. The van der Waals surface area contributed by atoms with Gasteiger partial charge in [0.1, 0.15) is 11.4 Å². The van der Waals surface area contributed by atoms with Crippen molar-refractivity contribution in [1.29, 1.82) is 0 Å². The number of nitrogens with two attached hydrogens (primary N) is 1. The molecule has 1 heterocycles. The minimum absolute atomic E-state index is 0.0440. The number of hydrazine groups is 1. The van der Waals surface area contributed by atoms with Crippen LogP contribution in [0, 0.1) is 10.1 Å². The van der Waals surface area contributed by atoms with Crippen LogP contribution in [0.15, 0.2) is 18.2 Å². The molecular weight excluding hydrogens is 260 g/mol. The van der Waals surface area contributed by atoms with Gasteiger partial charge in [-0.25, -0.2) is 0 Å². The van der Waals surface area contributed by atoms with E-state index in [1.165, 1.54) is 0 Å². The monoisotopic (exact) mass is 278 g/mol. The second-order valence-electron chi connectivity index (χ2n) is 5.18. The lowest BCUT2D eigenvalue weighted by Crippen LogP contribution is -2.48. The van der Waals surface area contributed by atoms with Crippen LogP contribution in [0.1, 0.15) is 19.3 Å². The minimum atomic E-state index is -0.371. The highest BCUT2D eigenvalue weighted by Gasteiger charge is 2.38. The number of nitrogens with one attached hydrogen (secondary N) is 1. The van der Waals surface area contributed by atoms with Crippen LogP contribution in [-0.4, -0.2) is 30.2 Å². The molecule has 0 spiro atoms. The van der Waals surface area contributed by atoms with Gasteiger partial charge in [-0.05, 0) is 31.4 Å². The van der Waals surface area contributed by atoms with Crippen LogP contribution in [0.5, 0.6) is 0 Å². The van der Waals surface area contributed by atoms with Gasteiger partial charge in [0.2, 0.25) is 0 Å². The number of hydrogen-bond donors (Lipinski definition) is 2. The molecular formula is C13H18N4O3. The summed E-state index contributed by atoms with van der Waals surface area (Å²) in [4.78, 5) is 13.1. The topological polar surface area (TPSA) is 93.7 Å². The summed E-state index contributed by atoms with van der Waals surface area (Å²) in [5, 5.41) is 11.4. The van der Waals surface area contributed by atoms with Crippen molar-refractivity contribution < 1.29 is 9.66 Å². The Bertz CT molecular complexity index is 522. The summed E-state index contributed by atoms with van der Waals surface area (Å²) in [5.74, 6) is 5.40. The van der Waals surface area contributed by atoms with Crippen molar-refractivity contribution >= 4 is 17.1 Å². The van der Waals surface area contributed by atoms with Gasteiger partial charge < -0.3 is 15.1 Å². The highest BCUT2D eigenvalue weighted by atomic mass is 16.6. The maximum absolute atomic E-state index is 11.4. The van der Waals surface area contributed by atoms with Gasteiger partial charge in [0, 0.05) is 6.54 Å². The molecule has 1 aliphatic carbocycles. The lowest BCUT2D eigenvalue weighted by atomic mass is 10.1. The van der Waals surface area contributed by atoms with Crippen molar-refractivity contribution in [3.05, 3.63) is 28.3 Å². The van der Waals surface area contributed by atoms with Crippen molar-refractivity contribution in [3.63, 3.8) is 0 Å². The third kappa shape index (κ3) is 2.08. The first-order valence-corrected chi connectivity index (χ1v) is 6.84. The van der Waals surface area contributed by atoms with E-state index in [0.29, 0.717) is 24.5 Å². The second kappa shape index (κ2) is 5.26. The molecule has 1 aromatic rings. The lowest BCUT2D eigenvalue weighted by Gasteiger charge is -2.39. The quantitative estimate of drug-likeness (QED) is 0.496. The number of nitrogens with zero attached hydrogens (tertiary/aromatic N) is 2. The summed E-state index contributed by atoms with van der Waals surface area (Å²) in [6, 6.07) is 5.43. The predicted octanol–water partition coefficient (Wildman–Crippen LogP) is 1.64. The number of hydrogen-bond acceptors (Lipinski definition) is 6. The molecule has 1 saturated heterocycles. The number of ether oxygens (including phenoxy) is 1. The summed E-state index contributed by atoms with van der Waals surface area (Å²) >= 11 is 0. The molecule has 3 N–H and O–H groups in total. The Morgan fingerprint density at radius 3 is 3.05 bits per heavy atom. The van der Waals surface area contributed by atoms with Crippen LogP contribution in [0.2, 0.25) is 0 Å². The summed E-state index contributed by atoms with van der Waals surface area (Å²) in [5.41, 5.74) is 3.43. The molecule has 7 heteroatoms. The van der Waals surface area contributed by atoms with Gasteiger partial charge in [-0.15, -0.1) is 0 Å². The average Bonchev–Trinajstić information content (AvgIpc) is 2.94. The third-order valence-electron chi connectivity index (χ3n) is 4.14. The second-order valence-corrected chi connectivity index (χ2v) is 5.18. The smallest absolute Gasteiger partial charge is 0.316 e. The minimum Gasteiger partial charge on any atom is -0.374 e. The van der Waals surface area contributed by atoms with E-state index in [2.05, 4.69) is 10.3 Å². The number of anilines is 2. The van der Waals surface area contributed by atoms with E-state index in [1.807, 2.05) is 0 Å². The first kappa shape index (κ1) is 13.1. The molecule has 2 fully saturated rings. The van der Waals surface area contributed by atoms with E-state index in [9.17, 15) is 10.1 Å². The molecule has 0 amide bonds. The van der Waals surface area contributed by atoms with E-state index in [0.717, 1.165) is 19.3 Å². The van der Waals surface area contributed by atoms with Crippen molar-refractivity contribution in [1.82, 2.24) is 0 Å². The molecule has 0 bridgehead atoms. The molecule has 1 saturated carbocycles. The molecule has 108 valence electrons. The van der Waals surface area contributed by atoms with Crippen LogP contribution in [0.3, 0.4) is 0 Å². The maximum atomic E-state index is 11.4. The van der Waals surface area contributed by atoms with E-state index in [4.69, 9.17) is 10.6 Å². The maximum Gasteiger partial charge on any atom is 0.316 e. The van der Waals surface area contributed by atoms with E-state index in [-0.39, 0.29) is 22.8 Å². The largest absolute Gasteiger partial charge is 0.374 e. The van der Waals surface area contributed by atoms with E-state index in [1.54, 1.807) is 18.2 Å². The highest BCUT2D eigenvalue weighted by molar-refractivity contribution is 5.77. The first-order valence-electron chi connectivity index (χ1n) is 6.84. The predicted molar refractivity (Wildman–Crippen MR) is 75.6 cm³/mol. The summed E-state index contributed by atoms with van der Waals surface area (Å²) in [6.07, 6.45) is 3.35. The van der Waals surface area contributed by atoms with Crippen molar-refractivity contribution in [2.75, 3.05) is 23.5 Å². The van der Waals surface area contributed by atoms with Gasteiger partial charge in [0.25, 0.3) is 0 Å². The molecule has 0 aromatic heterocycles. The summed E-state index contributed by atoms with van der Waals surface area (Å²) in [6.45, 7) is 1.29. The van der Waals surface area contributed by atoms with Crippen LogP contribution in [-0.2, 0) is 4.74 Å². The van der Waals surface area contributed by atoms with E-state index >= 15 is 0 Å². The highest BCUT2D eigenvalue weighted by Crippen LogP contribution is 2.40. The molecule has 2 aliphatic rings. The lowest BCUT2D eigenvalue weighted by molar-refractivity contribution is -0.383. The van der Waals surface area contributed by atoms with E-state index < -0.39 is 0 Å². The molecule has 1 aliphatic heterocycles. The third-order valence-corrected chi connectivity index (χ3v) is 4.14. The van der Waals surface area contributed by atoms with Gasteiger partial charge in [-0.2, -0.15) is 0 Å². The fourth-order valence-corrected chi connectivity index (χ4v) is 3.30. The molecule has 0 radical (unpaired) electrons. The number of nitrogen functional groups attached to an aromatic ring is 1. The van der Waals surface area contributed by atoms with Crippen LogP contribution < -0.4 is 16.2 Å². The Labute approximate surface area is 116 Å². The fourth-order valence-electron chi connectivity index (χ4n) is 3.30.